The van der Waals surface area contributed by atoms with Gasteiger partial charge in [-0.05, 0) is 111 Å². The monoisotopic (exact) mass is 440 g/mol. The van der Waals surface area contributed by atoms with Gasteiger partial charge < -0.3 is 5.11 Å². The molecule has 1 N–H and O–H groups in total. The van der Waals surface area contributed by atoms with Crippen LogP contribution in [-0.2, 0) is 0 Å². The number of allylic oxidation sites excluding steroid dienone is 2. The van der Waals surface area contributed by atoms with Crippen LogP contribution in [0.15, 0.2) is 11.6 Å². The molecule has 0 bridgehead atoms. The van der Waals surface area contributed by atoms with Crippen molar-refractivity contribution < 1.29 is 18.3 Å². The van der Waals surface area contributed by atoms with E-state index in [1.807, 2.05) is 0 Å². The van der Waals surface area contributed by atoms with E-state index in [0.29, 0.717) is 29.6 Å². The van der Waals surface area contributed by atoms with Gasteiger partial charge in [0.1, 0.15) is 0 Å². The Kier molecular flexibility index (Phi) is 5.93. The summed E-state index contributed by atoms with van der Waals surface area (Å²) in [6.45, 7) is 10.5. The van der Waals surface area contributed by atoms with Gasteiger partial charge in [0.15, 0.2) is 5.60 Å². The maximum atomic E-state index is 13.2. The molecule has 0 spiro atoms. The first kappa shape index (κ1) is 23.6. The average Bonchev–Trinajstić information content (AvgIpc) is 3.03. The zero-order valence-corrected chi connectivity index (χ0v) is 20.2. The highest BCUT2D eigenvalue weighted by Gasteiger charge is 2.60. The van der Waals surface area contributed by atoms with E-state index in [1.165, 1.54) is 44.9 Å². The van der Waals surface area contributed by atoms with Crippen LogP contribution in [0, 0.1) is 46.3 Å². The topological polar surface area (TPSA) is 20.2 Å². The standard InChI is InChI=1S/C27H43F3O/c1-17(11-15-26(5,31)27(28,29)30)20-9-10-21-23-18(2)16-19-8-6-7-13-24(19,3)22(23)12-14-25(20,21)4/h16-18,20-23,31H,6-15H2,1-5H3/t17-,18+,20-,21+,22+,23+,24+,25-,26+/m1/s1. The first-order chi connectivity index (χ1) is 14.3. The van der Waals surface area contributed by atoms with E-state index in [4.69, 9.17) is 0 Å². The van der Waals surface area contributed by atoms with Crippen molar-refractivity contribution in [1.82, 2.24) is 0 Å². The fraction of sp³-hybridized carbons (Fsp3) is 0.926. The van der Waals surface area contributed by atoms with E-state index < -0.39 is 11.8 Å². The van der Waals surface area contributed by atoms with Crippen molar-refractivity contribution in [3.05, 3.63) is 11.6 Å². The molecule has 3 fully saturated rings. The van der Waals surface area contributed by atoms with Crippen molar-refractivity contribution in [2.75, 3.05) is 0 Å². The summed E-state index contributed by atoms with van der Waals surface area (Å²) in [5.41, 5.74) is -0.235. The third-order valence-corrected chi connectivity index (χ3v) is 10.8. The molecule has 0 aromatic rings. The summed E-state index contributed by atoms with van der Waals surface area (Å²) in [6, 6.07) is 0. The highest BCUT2D eigenvalue weighted by Crippen LogP contribution is 2.68. The molecule has 178 valence electrons. The van der Waals surface area contributed by atoms with Gasteiger partial charge in [-0.3, -0.25) is 0 Å². The number of hydrogen-bond acceptors (Lipinski definition) is 1. The van der Waals surface area contributed by atoms with Crippen molar-refractivity contribution in [3.63, 3.8) is 0 Å². The van der Waals surface area contributed by atoms with Crippen LogP contribution in [0.5, 0.6) is 0 Å². The third kappa shape index (κ3) is 3.71. The zero-order valence-electron chi connectivity index (χ0n) is 20.2. The number of alkyl halides is 3. The summed E-state index contributed by atoms with van der Waals surface area (Å²) in [4.78, 5) is 0. The maximum absolute atomic E-state index is 13.2. The molecule has 0 aromatic carbocycles. The van der Waals surface area contributed by atoms with Gasteiger partial charge >= 0.3 is 6.18 Å². The van der Waals surface area contributed by atoms with Crippen LogP contribution in [-0.4, -0.2) is 16.9 Å². The lowest BCUT2D eigenvalue weighted by Crippen LogP contribution is -2.52. The molecule has 31 heavy (non-hydrogen) atoms. The lowest BCUT2D eigenvalue weighted by atomic mass is 9.45. The second-order valence-electron chi connectivity index (χ2n) is 12.5. The van der Waals surface area contributed by atoms with Crippen molar-refractivity contribution in [3.8, 4) is 0 Å². The molecular formula is C27H43F3O. The highest BCUT2D eigenvalue weighted by molar-refractivity contribution is 5.26. The molecule has 0 unspecified atom stereocenters. The molecule has 0 heterocycles. The predicted octanol–water partition coefficient (Wildman–Crippen LogP) is 7.93. The van der Waals surface area contributed by atoms with Crippen LogP contribution >= 0.6 is 0 Å². The second kappa shape index (κ2) is 7.77. The van der Waals surface area contributed by atoms with Gasteiger partial charge in [-0.1, -0.05) is 45.8 Å². The largest absolute Gasteiger partial charge is 0.416 e. The van der Waals surface area contributed by atoms with E-state index in [1.54, 1.807) is 5.57 Å². The molecule has 0 radical (unpaired) electrons. The van der Waals surface area contributed by atoms with Crippen molar-refractivity contribution in [2.45, 2.75) is 111 Å². The minimum Gasteiger partial charge on any atom is -0.381 e. The Balaban J connectivity index is 1.52. The average molecular weight is 441 g/mol. The molecule has 3 saturated carbocycles. The van der Waals surface area contributed by atoms with Crippen LogP contribution < -0.4 is 0 Å². The smallest absolute Gasteiger partial charge is 0.381 e. The Labute approximate surface area is 187 Å². The quantitative estimate of drug-likeness (QED) is 0.440. The van der Waals surface area contributed by atoms with Crippen LogP contribution in [0.1, 0.15) is 98.8 Å². The number of rotatable bonds is 4. The fourth-order valence-electron chi connectivity index (χ4n) is 8.88. The summed E-state index contributed by atoms with van der Waals surface area (Å²) < 4.78 is 39.5. The Morgan fingerprint density at radius 2 is 1.81 bits per heavy atom. The first-order valence-corrected chi connectivity index (χ1v) is 12.8. The number of aliphatic hydroxyl groups is 1. The van der Waals surface area contributed by atoms with Crippen molar-refractivity contribution in [1.29, 1.82) is 0 Å². The Hall–Kier alpha value is -0.510. The Bertz CT molecular complexity index is 710. The van der Waals surface area contributed by atoms with E-state index in [0.717, 1.165) is 25.2 Å². The predicted molar refractivity (Wildman–Crippen MR) is 119 cm³/mol. The Morgan fingerprint density at radius 1 is 1.10 bits per heavy atom. The fourth-order valence-corrected chi connectivity index (χ4v) is 8.88. The number of hydrogen-bond donors (Lipinski definition) is 1. The van der Waals surface area contributed by atoms with E-state index in [-0.39, 0.29) is 17.8 Å². The lowest BCUT2D eigenvalue weighted by Gasteiger charge is -2.59. The van der Waals surface area contributed by atoms with Crippen LogP contribution in [0.3, 0.4) is 0 Å². The molecule has 0 amide bonds. The van der Waals surface area contributed by atoms with E-state index in [2.05, 4.69) is 33.8 Å². The van der Waals surface area contributed by atoms with Gasteiger partial charge in [0.2, 0.25) is 0 Å². The molecule has 9 atom stereocenters. The van der Waals surface area contributed by atoms with Crippen molar-refractivity contribution in [2.24, 2.45) is 46.3 Å². The van der Waals surface area contributed by atoms with Gasteiger partial charge in [0.25, 0.3) is 0 Å². The first-order valence-electron chi connectivity index (χ1n) is 12.8. The molecule has 0 aliphatic heterocycles. The molecule has 4 rings (SSSR count). The minimum absolute atomic E-state index is 0.193. The van der Waals surface area contributed by atoms with Gasteiger partial charge in [-0.2, -0.15) is 13.2 Å². The molecular weight excluding hydrogens is 397 g/mol. The highest BCUT2D eigenvalue weighted by atomic mass is 19.4. The molecule has 4 heteroatoms. The molecule has 0 saturated heterocycles. The van der Waals surface area contributed by atoms with Gasteiger partial charge in [-0.15, -0.1) is 0 Å². The Morgan fingerprint density at radius 3 is 2.48 bits per heavy atom. The van der Waals surface area contributed by atoms with Gasteiger partial charge in [0.05, 0.1) is 0 Å². The summed E-state index contributed by atoms with van der Waals surface area (Å²) >= 11 is 0. The summed E-state index contributed by atoms with van der Waals surface area (Å²) in [6.07, 6.45) is 8.51. The molecule has 4 aliphatic rings. The summed E-state index contributed by atoms with van der Waals surface area (Å²) in [7, 11) is 0. The van der Waals surface area contributed by atoms with Gasteiger partial charge in [0, 0.05) is 0 Å². The number of halogens is 3. The van der Waals surface area contributed by atoms with Crippen LogP contribution in [0.2, 0.25) is 0 Å². The third-order valence-electron chi connectivity index (χ3n) is 10.8. The maximum Gasteiger partial charge on any atom is 0.416 e. The zero-order chi connectivity index (χ0) is 22.8. The molecule has 0 aromatic heterocycles. The lowest BCUT2D eigenvalue weighted by molar-refractivity contribution is -0.256. The molecule has 1 nitrogen and oxygen atoms in total. The minimum atomic E-state index is -4.55. The van der Waals surface area contributed by atoms with Gasteiger partial charge in [-0.25, -0.2) is 0 Å². The molecule has 4 aliphatic carbocycles. The second-order valence-corrected chi connectivity index (χ2v) is 12.5. The summed E-state index contributed by atoms with van der Waals surface area (Å²) in [5, 5.41) is 9.94. The van der Waals surface area contributed by atoms with Crippen molar-refractivity contribution >= 4 is 0 Å². The van der Waals surface area contributed by atoms with E-state index in [9.17, 15) is 18.3 Å². The number of fused-ring (bicyclic) bond motifs is 5. The van der Waals surface area contributed by atoms with E-state index >= 15 is 0 Å². The SMILES string of the molecule is C[C@H](CC[C@](C)(O)C(F)(F)F)[C@H]1CC[C@H]2[C@@H]3[C@@H](C)C=C4CCCC[C@]4(C)[C@H]3CC[C@]12C. The van der Waals surface area contributed by atoms with Crippen LogP contribution in [0.4, 0.5) is 13.2 Å². The summed E-state index contributed by atoms with van der Waals surface area (Å²) in [5.74, 6) is 3.50. The van der Waals surface area contributed by atoms with Crippen LogP contribution in [0.25, 0.3) is 0 Å². The normalized spacial score (nSPS) is 45.7.